The second-order valence-electron chi connectivity index (χ2n) is 7.59. The molecule has 0 unspecified atom stereocenters. The second-order valence-corrected chi connectivity index (χ2v) is 7.59. The Kier molecular flexibility index (Phi) is 5.43. The van der Waals surface area contributed by atoms with E-state index in [0.717, 1.165) is 45.0 Å². The van der Waals surface area contributed by atoms with Gasteiger partial charge in [-0.15, -0.1) is 0 Å². The van der Waals surface area contributed by atoms with Crippen molar-refractivity contribution < 1.29 is 4.79 Å². The smallest absolute Gasteiger partial charge is 0.317 e. The SMILES string of the molecule is Cc1nccn1CCNC(=O)N1CCN([C@H]2CCc3ccccc3C2)CC1. The molecule has 0 radical (unpaired) electrons. The van der Waals surface area contributed by atoms with Gasteiger partial charge in [0.2, 0.25) is 0 Å². The summed E-state index contributed by atoms with van der Waals surface area (Å²) in [7, 11) is 0. The fraction of sp³-hybridized carbons (Fsp3) is 0.524. The molecule has 1 aromatic heterocycles. The molecule has 1 N–H and O–H groups in total. The molecule has 1 aromatic carbocycles. The molecular formula is C21H29N5O. The van der Waals surface area contributed by atoms with Crippen molar-refractivity contribution in [2.75, 3.05) is 32.7 Å². The Morgan fingerprint density at radius 1 is 1.19 bits per heavy atom. The van der Waals surface area contributed by atoms with Crippen LogP contribution in [0.1, 0.15) is 23.4 Å². The summed E-state index contributed by atoms with van der Waals surface area (Å²) >= 11 is 0. The van der Waals surface area contributed by atoms with Crippen LogP contribution in [-0.2, 0) is 19.4 Å². The second kappa shape index (κ2) is 8.13. The van der Waals surface area contributed by atoms with Crippen LogP contribution >= 0.6 is 0 Å². The standard InChI is InChI=1S/C21H29N5O/c1-17-22-8-10-24(17)11-9-23-21(27)26-14-12-25(13-15-26)20-7-6-18-4-2-3-5-19(18)16-20/h2-5,8,10,20H,6-7,9,11-16H2,1H3,(H,23,27)/t20-/m0/s1. The lowest BCUT2D eigenvalue weighted by Crippen LogP contribution is -2.55. The van der Waals surface area contributed by atoms with E-state index >= 15 is 0 Å². The van der Waals surface area contributed by atoms with E-state index in [1.165, 1.54) is 24.0 Å². The van der Waals surface area contributed by atoms with E-state index in [0.29, 0.717) is 12.6 Å². The maximum atomic E-state index is 12.4. The summed E-state index contributed by atoms with van der Waals surface area (Å²) in [6.07, 6.45) is 7.29. The van der Waals surface area contributed by atoms with Crippen LogP contribution in [0.4, 0.5) is 4.79 Å². The number of nitrogens with one attached hydrogen (secondary N) is 1. The predicted molar refractivity (Wildman–Crippen MR) is 106 cm³/mol. The Hall–Kier alpha value is -2.34. The minimum atomic E-state index is 0.0569. The minimum absolute atomic E-state index is 0.0569. The van der Waals surface area contributed by atoms with Crippen molar-refractivity contribution in [1.29, 1.82) is 0 Å². The van der Waals surface area contributed by atoms with Gasteiger partial charge in [-0.2, -0.15) is 0 Å². The van der Waals surface area contributed by atoms with E-state index in [2.05, 4.69) is 44.0 Å². The highest BCUT2D eigenvalue weighted by Gasteiger charge is 2.28. The van der Waals surface area contributed by atoms with Crippen LogP contribution in [0.2, 0.25) is 0 Å². The number of aryl methyl sites for hydroxylation is 2. The Morgan fingerprint density at radius 2 is 1.96 bits per heavy atom. The van der Waals surface area contributed by atoms with Crippen molar-refractivity contribution >= 4 is 6.03 Å². The molecule has 6 heteroatoms. The third-order valence-electron chi connectivity index (χ3n) is 5.99. The van der Waals surface area contributed by atoms with Gasteiger partial charge in [0, 0.05) is 57.7 Å². The summed E-state index contributed by atoms with van der Waals surface area (Å²) in [6, 6.07) is 9.50. The summed E-state index contributed by atoms with van der Waals surface area (Å²) in [4.78, 5) is 21.2. The Balaban J connectivity index is 1.22. The predicted octanol–water partition coefficient (Wildman–Crippen LogP) is 2.08. The first-order chi connectivity index (χ1) is 13.2. The van der Waals surface area contributed by atoms with Gasteiger partial charge in [-0.3, -0.25) is 4.90 Å². The number of fused-ring (bicyclic) bond motifs is 1. The zero-order valence-corrected chi connectivity index (χ0v) is 16.1. The van der Waals surface area contributed by atoms with Crippen LogP contribution in [0.25, 0.3) is 0 Å². The van der Waals surface area contributed by atoms with E-state index in [1.807, 2.05) is 18.0 Å². The zero-order valence-electron chi connectivity index (χ0n) is 16.1. The molecule has 0 bridgehead atoms. The third-order valence-corrected chi connectivity index (χ3v) is 5.99. The normalized spacial score (nSPS) is 20.3. The number of carbonyl (C=O) groups is 1. The number of imidazole rings is 1. The van der Waals surface area contributed by atoms with E-state index < -0.39 is 0 Å². The van der Waals surface area contributed by atoms with Gasteiger partial charge in [0.25, 0.3) is 0 Å². The number of piperazine rings is 1. The van der Waals surface area contributed by atoms with Gasteiger partial charge in [-0.25, -0.2) is 9.78 Å². The first-order valence-corrected chi connectivity index (χ1v) is 10.0. The molecule has 4 rings (SSSR count). The molecule has 1 atom stereocenters. The zero-order chi connectivity index (χ0) is 18.6. The summed E-state index contributed by atoms with van der Waals surface area (Å²) in [6.45, 7) is 6.95. The maximum absolute atomic E-state index is 12.4. The first-order valence-electron chi connectivity index (χ1n) is 10.0. The number of hydrogen-bond acceptors (Lipinski definition) is 3. The van der Waals surface area contributed by atoms with Crippen LogP contribution in [-0.4, -0.2) is 64.1 Å². The van der Waals surface area contributed by atoms with Crippen molar-refractivity contribution in [3.63, 3.8) is 0 Å². The van der Waals surface area contributed by atoms with Gasteiger partial charge >= 0.3 is 6.03 Å². The molecule has 2 amide bonds. The molecule has 2 aromatic rings. The number of benzene rings is 1. The molecule has 2 aliphatic rings. The number of aromatic nitrogens is 2. The molecule has 1 aliphatic carbocycles. The Morgan fingerprint density at radius 3 is 2.70 bits per heavy atom. The third kappa shape index (κ3) is 4.16. The quantitative estimate of drug-likeness (QED) is 0.900. The van der Waals surface area contributed by atoms with Gasteiger partial charge in [0.15, 0.2) is 0 Å². The number of amides is 2. The highest BCUT2D eigenvalue weighted by molar-refractivity contribution is 5.74. The molecule has 1 fully saturated rings. The van der Waals surface area contributed by atoms with Crippen molar-refractivity contribution in [2.24, 2.45) is 0 Å². The fourth-order valence-electron chi connectivity index (χ4n) is 4.32. The lowest BCUT2D eigenvalue weighted by molar-refractivity contribution is 0.101. The molecule has 27 heavy (non-hydrogen) atoms. The van der Waals surface area contributed by atoms with Crippen LogP contribution < -0.4 is 5.32 Å². The van der Waals surface area contributed by atoms with Crippen molar-refractivity contribution in [3.05, 3.63) is 53.6 Å². The molecular weight excluding hydrogens is 338 g/mol. The van der Waals surface area contributed by atoms with Gasteiger partial charge < -0.3 is 14.8 Å². The summed E-state index contributed by atoms with van der Waals surface area (Å²) in [5.41, 5.74) is 3.02. The Bertz CT molecular complexity index is 778. The van der Waals surface area contributed by atoms with Gasteiger partial charge in [-0.1, -0.05) is 24.3 Å². The number of nitrogens with zero attached hydrogens (tertiary/aromatic N) is 4. The van der Waals surface area contributed by atoms with E-state index in [9.17, 15) is 4.79 Å². The van der Waals surface area contributed by atoms with E-state index in [1.54, 1.807) is 6.20 Å². The molecule has 2 heterocycles. The molecule has 144 valence electrons. The summed E-state index contributed by atoms with van der Waals surface area (Å²) in [5.74, 6) is 0.979. The Labute approximate surface area is 161 Å². The number of hydrogen-bond donors (Lipinski definition) is 1. The fourth-order valence-corrected chi connectivity index (χ4v) is 4.32. The summed E-state index contributed by atoms with van der Waals surface area (Å²) < 4.78 is 2.05. The lowest BCUT2D eigenvalue weighted by Gasteiger charge is -2.41. The molecule has 0 spiro atoms. The summed E-state index contributed by atoms with van der Waals surface area (Å²) in [5, 5.41) is 3.05. The van der Waals surface area contributed by atoms with Gasteiger partial charge in [0.05, 0.1) is 0 Å². The first kappa shape index (κ1) is 18.0. The number of carbonyl (C=O) groups excluding carboxylic acids is 1. The minimum Gasteiger partial charge on any atom is -0.336 e. The molecule has 1 aliphatic heterocycles. The molecule has 0 saturated carbocycles. The van der Waals surface area contributed by atoms with Gasteiger partial charge in [-0.05, 0) is 37.3 Å². The number of rotatable bonds is 4. The average molecular weight is 367 g/mol. The van der Waals surface area contributed by atoms with Crippen molar-refractivity contribution in [1.82, 2.24) is 24.7 Å². The molecule has 6 nitrogen and oxygen atoms in total. The van der Waals surface area contributed by atoms with Crippen LogP contribution in [0, 0.1) is 6.92 Å². The van der Waals surface area contributed by atoms with Crippen LogP contribution in [0.15, 0.2) is 36.7 Å². The number of urea groups is 1. The maximum Gasteiger partial charge on any atom is 0.317 e. The van der Waals surface area contributed by atoms with Crippen LogP contribution in [0.5, 0.6) is 0 Å². The van der Waals surface area contributed by atoms with Crippen molar-refractivity contribution in [2.45, 2.75) is 38.8 Å². The largest absolute Gasteiger partial charge is 0.336 e. The van der Waals surface area contributed by atoms with E-state index in [-0.39, 0.29) is 6.03 Å². The van der Waals surface area contributed by atoms with Gasteiger partial charge in [0.1, 0.15) is 5.82 Å². The highest BCUT2D eigenvalue weighted by atomic mass is 16.2. The monoisotopic (exact) mass is 367 g/mol. The average Bonchev–Trinajstić information content (AvgIpc) is 3.12. The van der Waals surface area contributed by atoms with Crippen LogP contribution in [0.3, 0.4) is 0 Å². The van der Waals surface area contributed by atoms with E-state index in [4.69, 9.17) is 0 Å². The topological polar surface area (TPSA) is 53.4 Å². The highest BCUT2D eigenvalue weighted by Crippen LogP contribution is 2.25. The lowest BCUT2D eigenvalue weighted by atomic mass is 9.87. The molecule has 1 saturated heterocycles. The van der Waals surface area contributed by atoms with Crippen molar-refractivity contribution in [3.8, 4) is 0 Å².